The van der Waals surface area contributed by atoms with Crippen molar-refractivity contribution in [2.24, 2.45) is 11.3 Å². The molecule has 1 saturated carbocycles. The molecule has 8 heteroatoms. The van der Waals surface area contributed by atoms with Crippen LogP contribution in [0.15, 0.2) is 72.8 Å². The fourth-order valence-corrected chi connectivity index (χ4v) is 6.55. The standard InChI is InChI=1S/C38H46N2O6/c1-38(2,3)34(40-37(43)46-24-32-30-16-10-8-14-28(30)29-15-9-11-17-31(29)32)35(41)39-33(36(42)44-4)22-25-18-20-27(21-19-25)45-23-26-12-6-5-7-13-26/h8-11,14-21,26,32-34H,5-7,12-13,22-24H2,1-4H3,(H,39,41)(H,40,43)/t33?,34-/m1/s1. The summed E-state index contributed by atoms with van der Waals surface area (Å²) in [6, 6.07) is 21.9. The molecule has 0 spiro atoms. The van der Waals surface area contributed by atoms with E-state index in [0.29, 0.717) is 12.5 Å². The number of carbonyl (C=O) groups excluding carboxylic acids is 3. The number of rotatable bonds is 11. The number of fused-ring (bicyclic) bond motifs is 3. The Hall–Kier alpha value is -4.33. The third-order valence-electron chi connectivity index (χ3n) is 9.11. The largest absolute Gasteiger partial charge is 0.493 e. The summed E-state index contributed by atoms with van der Waals surface area (Å²) in [5, 5.41) is 5.58. The summed E-state index contributed by atoms with van der Waals surface area (Å²) in [7, 11) is 1.29. The topological polar surface area (TPSA) is 103 Å². The number of esters is 1. The number of hydrogen-bond acceptors (Lipinski definition) is 6. The van der Waals surface area contributed by atoms with E-state index in [9.17, 15) is 14.4 Å². The van der Waals surface area contributed by atoms with Crippen LogP contribution in [-0.2, 0) is 25.5 Å². The molecule has 0 aromatic heterocycles. The summed E-state index contributed by atoms with van der Waals surface area (Å²) >= 11 is 0. The Bertz CT molecular complexity index is 1460. The predicted molar refractivity (Wildman–Crippen MR) is 178 cm³/mol. The first-order chi connectivity index (χ1) is 22.1. The van der Waals surface area contributed by atoms with Crippen LogP contribution in [0, 0.1) is 11.3 Å². The highest BCUT2D eigenvalue weighted by Gasteiger charge is 2.36. The fraction of sp³-hybridized carbons (Fsp3) is 0.447. The molecule has 244 valence electrons. The van der Waals surface area contributed by atoms with Crippen LogP contribution in [0.1, 0.15) is 75.5 Å². The Balaban J connectivity index is 1.19. The molecular weight excluding hydrogens is 580 g/mol. The maximum Gasteiger partial charge on any atom is 0.407 e. The van der Waals surface area contributed by atoms with Crippen LogP contribution in [-0.4, -0.2) is 50.4 Å². The average Bonchev–Trinajstić information content (AvgIpc) is 3.38. The van der Waals surface area contributed by atoms with Gasteiger partial charge >= 0.3 is 12.1 Å². The molecule has 5 rings (SSSR count). The Morgan fingerprint density at radius 1 is 0.804 bits per heavy atom. The van der Waals surface area contributed by atoms with E-state index in [1.807, 2.05) is 69.3 Å². The molecule has 3 aromatic carbocycles. The highest BCUT2D eigenvalue weighted by Crippen LogP contribution is 2.44. The minimum absolute atomic E-state index is 0.104. The van der Waals surface area contributed by atoms with Gasteiger partial charge in [0, 0.05) is 12.3 Å². The lowest BCUT2D eigenvalue weighted by atomic mass is 9.86. The highest BCUT2D eigenvalue weighted by molar-refractivity contribution is 5.90. The maximum absolute atomic E-state index is 13.6. The summed E-state index contributed by atoms with van der Waals surface area (Å²) in [6.45, 7) is 6.38. The van der Waals surface area contributed by atoms with E-state index in [-0.39, 0.29) is 18.9 Å². The Labute approximate surface area is 272 Å². The van der Waals surface area contributed by atoms with Crippen LogP contribution >= 0.6 is 0 Å². The summed E-state index contributed by atoms with van der Waals surface area (Å²) in [5.74, 6) is 0.217. The molecule has 8 nitrogen and oxygen atoms in total. The van der Waals surface area contributed by atoms with Crippen molar-refractivity contribution >= 4 is 18.0 Å². The van der Waals surface area contributed by atoms with Crippen molar-refractivity contribution in [3.63, 3.8) is 0 Å². The lowest BCUT2D eigenvalue weighted by Gasteiger charge is -2.31. The van der Waals surface area contributed by atoms with Gasteiger partial charge in [-0.1, -0.05) is 101 Å². The molecule has 2 aliphatic rings. The number of ether oxygens (including phenoxy) is 3. The minimum atomic E-state index is -0.967. The fourth-order valence-electron chi connectivity index (χ4n) is 6.55. The molecule has 0 radical (unpaired) electrons. The SMILES string of the molecule is COC(=O)C(Cc1ccc(OCC2CCCCC2)cc1)NC(=O)[C@@H](NC(=O)OCC1c2ccccc2-c2ccccc21)C(C)(C)C. The molecular formula is C38H46N2O6. The van der Waals surface area contributed by atoms with Crippen LogP contribution in [0.5, 0.6) is 5.75 Å². The summed E-state index contributed by atoms with van der Waals surface area (Å²) in [6.07, 6.45) is 5.80. The monoisotopic (exact) mass is 626 g/mol. The molecule has 2 aliphatic carbocycles. The van der Waals surface area contributed by atoms with Gasteiger partial charge in [-0.05, 0) is 64.1 Å². The highest BCUT2D eigenvalue weighted by atomic mass is 16.5. The van der Waals surface area contributed by atoms with E-state index in [2.05, 4.69) is 34.9 Å². The number of carbonyl (C=O) groups is 3. The van der Waals surface area contributed by atoms with Gasteiger partial charge in [-0.25, -0.2) is 9.59 Å². The van der Waals surface area contributed by atoms with E-state index in [4.69, 9.17) is 14.2 Å². The quantitative estimate of drug-likeness (QED) is 0.227. The van der Waals surface area contributed by atoms with Crippen molar-refractivity contribution in [2.45, 2.75) is 77.3 Å². The number of nitrogens with one attached hydrogen (secondary N) is 2. The summed E-state index contributed by atoms with van der Waals surface area (Å²) < 4.78 is 16.8. The van der Waals surface area contributed by atoms with E-state index in [1.54, 1.807) is 0 Å². The maximum atomic E-state index is 13.6. The predicted octanol–water partition coefficient (Wildman–Crippen LogP) is 6.80. The number of amides is 2. The van der Waals surface area contributed by atoms with Gasteiger partial charge in [0.1, 0.15) is 24.4 Å². The second-order valence-electron chi connectivity index (χ2n) is 13.5. The van der Waals surface area contributed by atoms with Crippen LogP contribution in [0.4, 0.5) is 4.79 Å². The van der Waals surface area contributed by atoms with Crippen molar-refractivity contribution in [3.8, 4) is 16.9 Å². The van der Waals surface area contributed by atoms with E-state index in [0.717, 1.165) is 33.6 Å². The Morgan fingerprint density at radius 2 is 1.41 bits per heavy atom. The zero-order chi connectivity index (χ0) is 32.7. The van der Waals surface area contributed by atoms with E-state index in [1.165, 1.54) is 39.2 Å². The van der Waals surface area contributed by atoms with Gasteiger partial charge in [0.2, 0.25) is 5.91 Å². The first-order valence-corrected chi connectivity index (χ1v) is 16.4. The van der Waals surface area contributed by atoms with Crippen LogP contribution in [0.25, 0.3) is 11.1 Å². The number of methoxy groups -OCH3 is 1. The number of alkyl carbamates (subject to hydrolysis) is 1. The molecule has 0 aliphatic heterocycles. The molecule has 46 heavy (non-hydrogen) atoms. The van der Waals surface area contributed by atoms with Gasteiger partial charge in [-0.3, -0.25) is 4.79 Å². The van der Waals surface area contributed by atoms with Crippen molar-refractivity contribution in [3.05, 3.63) is 89.5 Å². The molecule has 0 saturated heterocycles. The summed E-state index contributed by atoms with van der Waals surface area (Å²) in [4.78, 5) is 39.5. The smallest absolute Gasteiger partial charge is 0.407 e. The molecule has 1 fully saturated rings. The molecule has 0 heterocycles. The van der Waals surface area contributed by atoms with Gasteiger partial charge < -0.3 is 24.8 Å². The summed E-state index contributed by atoms with van der Waals surface area (Å²) in [5.41, 5.74) is 4.65. The molecule has 3 aromatic rings. The molecule has 2 N–H and O–H groups in total. The molecule has 2 amide bonds. The Morgan fingerprint density at radius 3 is 2.00 bits per heavy atom. The zero-order valence-electron chi connectivity index (χ0n) is 27.3. The third-order valence-corrected chi connectivity index (χ3v) is 9.11. The third kappa shape index (κ3) is 8.08. The van der Waals surface area contributed by atoms with Crippen molar-refractivity contribution in [2.75, 3.05) is 20.3 Å². The zero-order valence-corrected chi connectivity index (χ0v) is 27.3. The molecule has 0 bridgehead atoms. The van der Waals surface area contributed by atoms with Gasteiger partial charge in [0.05, 0.1) is 13.7 Å². The lowest BCUT2D eigenvalue weighted by molar-refractivity contribution is -0.145. The molecule has 2 atom stereocenters. The van der Waals surface area contributed by atoms with Crippen molar-refractivity contribution < 1.29 is 28.6 Å². The number of hydrogen-bond donors (Lipinski definition) is 2. The normalized spacial score (nSPS) is 16.0. The Kier molecular flexibility index (Phi) is 10.7. The first-order valence-electron chi connectivity index (χ1n) is 16.4. The average molecular weight is 627 g/mol. The lowest BCUT2D eigenvalue weighted by Crippen LogP contribution is -2.57. The van der Waals surface area contributed by atoms with Gasteiger partial charge in [0.25, 0.3) is 0 Å². The minimum Gasteiger partial charge on any atom is -0.493 e. The van der Waals surface area contributed by atoms with Crippen LogP contribution in [0.2, 0.25) is 0 Å². The van der Waals surface area contributed by atoms with Gasteiger partial charge in [-0.2, -0.15) is 0 Å². The second kappa shape index (κ2) is 14.8. The van der Waals surface area contributed by atoms with Gasteiger partial charge in [-0.15, -0.1) is 0 Å². The van der Waals surface area contributed by atoms with Gasteiger partial charge in [0.15, 0.2) is 0 Å². The van der Waals surface area contributed by atoms with Crippen LogP contribution in [0.3, 0.4) is 0 Å². The van der Waals surface area contributed by atoms with E-state index >= 15 is 0 Å². The van der Waals surface area contributed by atoms with E-state index < -0.39 is 35.5 Å². The van der Waals surface area contributed by atoms with Crippen LogP contribution < -0.4 is 15.4 Å². The molecule has 1 unspecified atom stereocenters. The van der Waals surface area contributed by atoms with Crippen molar-refractivity contribution in [1.29, 1.82) is 0 Å². The number of benzene rings is 3. The second-order valence-corrected chi connectivity index (χ2v) is 13.5. The van der Waals surface area contributed by atoms with Crippen molar-refractivity contribution in [1.82, 2.24) is 10.6 Å². The first kappa shape index (κ1) is 33.0.